The largest absolute Gasteiger partial charge is 0.317 e. The number of Topliss-reactive ketones (excluding diaryl/α,β-unsaturated/α-hetero) is 1. The van der Waals surface area contributed by atoms with Crippen molar-refractivity contribution in [2.24, 2.45) is 0 Å². The van der Waals surface area contributed by atoms with Crippen molar-refractivity contribution in [2.45, 2.75) is 0 Å². The van der Waals surface area contributed by atoms with Crippen molar-refractivity contribution in [1.29, 1.82) is 0 Å². The van der Waals surface area contributed by atoms with Crippen molar-refractivity contribution in [1.82, 2.24) is 0 Å². The van der Waals surface area contributed by atoms with Crippen LogP contribution in [0, 0.1) is 5.82 Å². The third kappa shape index (κ3) is 1.07. The summed E-state index contributed by atoms with van der Waals surface area (Å²) in [4.78, 5) is 22.0. The van der Waals surface area contributed by atoms with E-state index in [1.807, 2.05) is 0 Å². The van der Waals surface area contributed by atoms with E-state index in [4.69, 9.17) is 0 Å². The van der Waals surface area contributed by atoms with E-state index in [1.54, 1.807) is 0 Å². The van der Waals surface area contributed by atoms with Crippen LogP contribution in [0.3, 0.4) is 0 Å². The van der Waals surface area contributed by atoms with Crippen molar-refractivity contribution in [3.05, 3.63) is 28.0 Å². The van der Waals surface area contributed by atoms with Crippen LogP contribution in [-0.2, 0) is 4.79 Å². The van der Waals surface area contributed by atoms with E-state index in [2.05, 4.69) is 21.2 Å². The Balaban J connectivity index is 2.75. The molecule has 0 saturated carbocycles. The molecule has 1 aliphatic rings. The molecule has 0 unspecified atom stereocenters. The van der Waals surface area contributed by atoms with Crippen LogP contribution in [-0.4, -0.2) is 11.7 Å². The highest BCUT2D eigenvalue weighted by atomic mass is 79.9. The normalized spacial score (nSPS) is 14.3. The molecule has 0 aliphatic carbocycles. The third-order valence-electron chi connectivity index (χ3n) is 1.78. The SMILES string of the molecule is O=C1Nc2c(Br)ccc(F)c2C1=O. The van der Waals surface area contributed by atoms with E-state index in [0.717, 1.165) is 6.07 Å². The van der Waals surface area contributed by atoms with Gasteiger partial charge in [0.15, 0.2) is 0 Å². The maximum atomic E-state index is 13.1. The fourth-order valence-electron chi connectivity index (χ4n) is 1.18. The number of halogens is 2. The third-order valence-corrected chi connectivity index (χ3v) is 2.44. The Labute approximate surface area is 81.1 Å². The quantitative estimate of drug-likeness (QED) is 0.706. The van der Waals surface area contributed by atoms with Gasteiger partial charge in [-0.1, -0.05) is 0 Å². The molecule has 0 bridgehead atoms. The van der Waals surface area contributed by atoms with E-state index in [9.17, 15) is 14.0 Å². The van der Waals surface area contributed by atoms with Gasteiger partial charge in [0, 0.05) is 4.47 Å². The van der Waals surface area contributed by atoms with Gasteiger partial charge in [0.1, 0.15) is 5.82 Å². The molecule has 2 rings (SSSR count). The Morgan fingerprint density at radius 2 is 2.00 bits per heavy atom. The molecule has 0 radical (unpaired) electrons. The molecule has 5 heteroatoms. The van der Waals surface area contributed by atoms with Gasteiger partial charge in [-0.3, -0.25) is 9.59 Å². The number of anilines is 1. The average molecular weight is 244 g/mol. The molecule has 3 nitrogen and oxygen atoms in total. The summed E-state index contributed by atoms with van der Waals surface area (Å²) in [5.74, 6) is -2.30. The zero-order chi connectivity index (χ0) is 9.59. The highest BCUT2D eigenvalue weighted by Crippen LogP contribution is 2.32. The lowest BCUT2D eigenvalue weighted by Gasteiger charge is -1.99. The van der Waals surface area contributed by atoms with Gasteiger partial charge in [0.05, 0.1) is 11.3 Å². The van der Waals surface area contributed by atoms with Gasteiger partial charge in [-0.15, -0.1) is 0 Å². The van der Waals surface area contributed by atoms with Crippen LogP contribution in [0.4, 0.5) is 10.1 Å². The van der Waals surface area contributed by atoms with Gasteiger partial charge in [0.2, 0.25) is 0 Å². The lowest BCUT2D eigenvalue weighted by Crippen LogP contribution is -2.13. The molecule has 1 aliphatic heterocycles. The number of rotatable bonds is 0. The molecule has 0 aromatic heterocycles. The number of benzene rings is 1. The van der Waals surface area contributed by atoms with Crippen molar-refractivity contribution in [3.8, 4) is 0 Å². The van der Waals surface area contributed by atoms with Crippen LogP contribution in [0.5, 0.6) is 0 Å². The first-order chi connectivity index (χ1) is 6.11. The monoisotopic (exact) mass is 243 g/mol. The van der Waals surface area contributed by atoms with E-state index in [-0.39, 0.29) is 11.3 Å². The number of fused-ring (bicyclic) bond motifs is 1. The first-order valence-electron chi connectivity index (χ1n) is 3.45. The Hall–Kier alpha value is -1.23. The Kier molecular flexibility index (Phi) is 1.69. The van der Waals surface area contributed by atoms with Crippen molar-refractivity contribution < 1.29 is 14.0 Å². The second kappa shape index (κ2) is 2.63. The van der Waals surface area contributed by atoms with Crippen LogP contribution >= 0.6 is 15.9 Å². The predicted octanol–water partition coefficient (Wildman–Crippen LogP) is 1.72. The van der Waals surface area contributed by atoms with Gasteiger partial charge in [-0.2, -0.15) is 0 Å². The molecular formula is C8H3BrFNO2. The van der Waals surface area contributed by atoms with Crippen molar-refractivity contribution in [3.63, 3.8) is 0 Å². The number of hydrogen-bond donors (Lipinski definition) is 1. The minimum Gasteiger partial charge on any atom is -0.317 e. The van der Waals surface area contributed by atoms with E-state index in [0.29, 0.717) is 4.47 Å². The van der Waals surface area contributed by atoms with Gasteiger partial charge < -0.3 is 5.32 Å². The number of ketones is 1. The van der Waals surface area contributed by atoms with Crippen LogP contribution in [0.15, 0.2) is 16.6 Å². The summed E-state index contributed by atoms with van der Waals surface area (Å²) in [6.45, 7) is 0. The molecular weight excluding hydrogens is 241 g/mol. The van der Waals surface area contributed by atoms with Gasteiger partial charge in [-0.25, -0.2) is 4.39 Å². The Morgan fingerprint density at radius 3 is 2.62 bits per heavy atom. The summed E-state index contributed by atoms with van der Waals surface area (Å²) in [5.41, 5.74) is 0.0365. The number of nitrogens with one attached hydrogen (secondary N) is 1. The topological polar surface area (TPSA) is 46.2 Å². The van der Waals surface area contributed by atoms with Gasteiger partial charge in [0.25, 0.3) is 11.7 Å². The molecule has 66 valence electrons. The molecule has 1 aromatic carbocycles. The molecule has 1 amide bonds. The molecule has 0 saturated heterocycles. The zero-order valence-electron chi connectivity index (χ0n) is 6.23. The molecule has 13 heavy (non-hydrogen) atoms. The number of amides is 1. The zero-order valence-corrected chi connectivity index (χ0v) is 7.81. The van der Waals surface area contributed by atoms with Crippen molar-refractivity contribution >= 4 is 33.3 Å². The molecule has 0 spiro atoms. The van der Waals surface area contributed by atoms with Gasteiger partial charge >= 0.3 is 0 Å². The summed E-state index contributed by atoms with van der Waals surface area (Å²) in [7, 11) is 0. The van der Waals surface area contributed by atoms with E-state index < -0.39 is 17.5 Å². The van der Waals surface area contributed by atoms with Crippen LogP contribution < -0.4 is 5.32 Å². The first kappa shape index (κ1) is 8.37. The highest BCUT2D eigenvalue weighted by molar-refractivity contribution is 9.10. The maximum absolute atomic E-state index is 13.1. The van der Waals surface area contributed by atoms with Crippen molar-refractivity contribution in [2.75, 3.05) is 5.32 Å². The minimum absolute atomic E-state index is 0.181. The summed E-state index contributed by atoms with van der Waals surface area (Å²) < 4.78 is 13.6. The standard InChI is InChI=1S/C8H3BrFNO2/c9-3-1-2-4(10)5-6(3)11-8(13)7(5)12/h1-2H,(H,11,12,13). The average Bonchev–Trinajstić information content (AvgIpc) is 2.38. The van der Waals surface area contributed by atoms with Crippen LogP contribution in [0.25, 0.3) is 0 Å². The molecule has 0 fully saturated rings. The molecule has 1 N–H and O–H groups in total. The van der Waals surface area contributed by atoms with Crippen LogP contribution in [0.2, 0.25) is 0 Å². The van der Waals surface area contributed by atoms with E-state index in [1.165, 1.54) is 6.07 Å². The fraction of sp³-hybridized carbons (Fsp3) is 0. The number of carbonyl (C=O) groups excluding carboxylic acids is 2. The van der Waals surface area contributed by atoms with E-state index >= 15 is 0 Å². The summed E-state index contributed by atoms with van der Waals surface area (Å²) >= 11 is 3.10. The molecule has 1 aromatic rings. The molecule has 0 atom stereocenters. The first-order valence-corrected chi connectivity index (χ1v) is 4.24. The highest BCUT2D eigenvalue weighted by Gasteiger charge is 2.32. The summed E-state index contributed by atoms with van der Waals surface area (Å²) in [6.07, 6.45) is 0. The Bertz CT molecular complexity index is 430. The van der Waals surface area contributed by atoms with Crippen LogP contribution in [0.1, 0.15) is 10.4 Å². The minimum atomic E-state index is -0.825. The second-order valence-electron chi connectivity index (χ2n) is 2.56. The fourth-order valence-corrected chi connectivity index (χ4v) is 1.61. The number of hydrogen-bond acceptors (Lipinski definition) is 2. The maximum Gasteiger partial charge on any atom is 0.297 e. The lowest BCUT2D eigenvalue weighted by atomic mass is 10.1. The predicted molar refractivity (Wildman–Crippen MR) is 47.1 cm³/mol. The van der Waals surface area contributed by atoms with Gasteiger partial charge in [-0.05, 0) is 28.1 Å². The second-order valence-corrected chi connectivity index (χ2v) is 3.42. The summed E-state index contributed by atoms with van der Waals surface area (Å²) in [5, 5.41) is 2.28. The Morgan fingerprint density at radius 1 is 1.31 bits per heavy atom. The lowest BCUT2D eigenvalue weighted by molar-refractivity contribution is -0.112. The summed E-state index contributed by atoms with van der Waals surface area (Å²) in [6, 6.07) is 2.58. The smallest absolute Gasteiger partial charge is 0.297 e. The number of carbonyl (C=O) groups is 2. The molecule has 1 heterocycles.